The number of rotatable bonds is 12. The molecule has 2 aromatic heterocycles. The molecule has 0 fully saturated rings. The maximum absolute atomic E-state index is 5.96. The van der Waals surface area contributed by atoms with Crippen molar-refractivity contribution in [3.05, 3.63) is 113 Å². The normalized spacial score (nSPS) is 11.1. The van der Waals surface area contributed by atoms with Crippen molar-refractivity contribution in [2.24, 2.45) is 0 Å². The number of nitrogens with zero attached hydrogens (tertiary/aromatic N) is 4. The Balaban J connectivity index is 1.01. The van der Waals surface area contributed by atoms with Crippen molar-refractivity contribution in [1.82, 2.24) is 25.6 Å². The van der Waals surface area contributed by atoms with Crippen molar-refractivity contribution in [2.45, 2.75) is 51.6 Å². The van der Waals surface area contributed by atoms with Crippen LogP contribution in [0.1, 0.15) is 47.5 Å². The Morgan fingerprint density at radius 1 is 0.639 bits per heavy atom. The molecular weight excluding hydrogens is 446 g/mol. The summed E-state index contributed by atoms with van der Waals surface area (Å²) in [6.07, 6.45) is 7.50. The number of nitrogens with one attached hydrogen (secondary N) is 1. The number of benzene rings is 3. The molecule has 3 aromatic carbocycles. The summed E-state index contributed by atoms with van der Waals surface area (Å²) in [4.78, 5) is 4.68. The van der Waals surface area contributed by atoms with Crippen LogP contribution in [0.2, 0.25) is 0 Å². The topological polar surface area (TPSA) is 76.6 Å². The van der Waals surface area contributed by atoms with E-state index in [-0.39, 0.29) is 0 Å². The van der Waals surface area contributed by atoms with Crippen molar-refractivity contribution in [1.29, 1.82) is 0 Å². The zero-order valence-corrected chi connectivity index (χ0v) is 20.4. The molecular formula is C30H31N5O. The molecule has 36 heavy (non-hydrogen) atoms. The van der Waals surface area contributed by atoms with E-state index in [9.17, 15) is 0 Å². The summed E-state index contributed by atoms with van der Waals surface area (Å²) in [5.41, 5.74) is 6.07. The standard InChI is InChI=1S/C30H31N5O/c1(4-11-30-32-34-35-33-30)6-23-12-14-24(15-13-23)7-5-8-25-16-20-28(21-17-25)36-22-27-19-18-26-9-2-3-10-29(26)31-27/h2-3,9-10,12-21H,1,4-8,11,22H2,(H,32,33,34,35). The highest BCUT2D eigenvalue weighted by atomic mass is 16.5. The van der Waals surface area contributed by atoms with Crippen LogP contribution in [-0.4, -0.2) is 25.6 Å². The summed E-state index contributed by atoms with van der Waals surface area (Å²) in [7, 11) is 0. The van der Waals surface area contributed by atoms with E-state index in [1.165, 1.54) is 16.7 Å². The first-order valence-corrected chi connectivity index (χ1v) is 12.7. The van der Waals surface area contributed by atoms with Crippen molar-refractivity contribution < 1.29 is 4.74 Å². The molecule has 0 bridgehead atoms. The number of hydrogen-bond donors (Lipinski definition) is 1. The second-order valence-corrected chi connectivity index (χ2v) is 9.15. The lowest BCUT2D eigenvalue weighted by molar-refractivity contribution is 0.301. The average molecular weight is 478 g/mol. The number of pyridine rings is 1. The monoisotopic (exact) mass is 477 g/mol. The molecule has 6 heteroatoms. The van der Waals surface area contributed by atoms with Gasteiger partial charge in [-0.3, -0.25) is 0 Å². The van der Waals surface area contributed by atoms with E-state index in [0.29, 0.717) is 6.61 Å². The van der Waals surface area contributed by atoms with E-state index in [0.717, 1.165) is 73.1 Å². The first-order valence-electron chi connectivity index (χ1n) is 12.7. The Kier molecular flexibility index (Phi) is 7.93. The molecule has 2 heterocycles. The second-order valence-electron chi connectivity index (χ2n) is 9.15. The van der Waals surface area contributed by atoms with Crippen molar-refractivity contribution in [3.8, 4) is 5.75 Å². The number of para-hydroxylation sites is 1. The second kappa shape index (κ2) is 12.1. The molecule has 6 nitrogen and oxygen atoms in total. The molecule has 5 aromatic rings. The van der Waals surface area contributed by atoms with Gasteiger partial charge in [0.05, 0.1) is 11.2 Å². The summed E-state index contributed by atoms with van der Waals surface area (Å²) in [5.74, 6) is 1.74. The fourth-order valence-corrected chi connectivity index (χ4v) is 4.37. The Bertz CT molecular complexity index is 1350. The van der Waals surface area contributed by atoms with Crippen molar-refractivity contribution >= 4 is 10.9 Å². The molecule has 5 rings (SSSR count). The quantitative estimate of drug-likeness (QED) is 0.221. The van der Waals surface area contributed by atoms with Gasteiger partial charge in [0, 0.05) is 11.8 Å². The molecule has 0 aliphatic carbocycles. The molecule has 0 unspecified atom stereocenters. The number of aromatic amines is 1. The number of ether oxygens (including phenoxy) is 1. The van der Waals surface area contributed by atoms with Gasteiger partial charge in [0.25, 0.3) is 0 Å². The fourth-order valence-electron chi connectivity index (χ4n) is 4.37. The van der Waals surface area contributed by atoms with Gasteiger partial charge in [-0.05, 0) is 89.9 Å². The lowest BCUT2D eigenvalue weighted by atomic mass is 10.0. The van der Waals surface area contributed by atoms with Gasteiger partial charge in [-0.2, -0.15) is 0 Å². The first-order chi connectivity index (χ1) is 17.8. The van der Waals surface area contributed by atoms with Crippen LogP contribution in [0.4, 0.5) is 0 Å². The fraction of sp³-hybridized carbons (Fsp3) is 0.267. The SMILES string of the molecule is c1ccc2nc(COc3ccc(CCCc4ccc(CCCCc5nnn[nH]5)cc4)cc3)ccc2c1. The summed E-state index contributed by atoms with van der Waals surface area (Å²) in [6.45, 7) is 0.471. The first kappa shape index (κ1) is 23.7. The van der Waals surface area contributed by atoms with Gasteiger partial charge in [-0.1, -0.05) is 60.7 Å². The van der Waals surface area contributed by atoms with E-state index in [1.54, 1.807) is 0 Å². The van der Waals surface area contributed by atoms with E-state index in [4.69, 9.17) is 4.74 Å². The third-order valence-electron chi connectivity index (χ3n) is 6.44. The Hall–Kier alpha value is -4.06. The summed E-state index contributed by atoms with van der Waals surface area (Å²) < 4.78 is 5.96. The van der Waals surface area contributed by atoms with Crippen LogP contribution in [0.5, 0.6) is 5.75 Å². The maximum Gasteiger partial charge on any atom is 0.148 e. The number of aromatic nitrogens is 5. The molecule has 0 spiro atoms. The molecule has 0 aliphatic heterocycles. The Morgan fingerprint density at radius 3 is 2.03 bits per heavy atom. The van der Waals surface area contributed by atoms with Gasteiger partial charge in [-0.15, -0.1) is 5.10 Å². The van der Waals surface area contributed by atoms with Gasteiger partial charge in [0.15, 0.2) is 0 Å². The molecule has 182 valence electrons. The smallest absolute Gasteiger partial charge is 0.148 e. The number of aryl methyl sites for hydroxylation is 4. The number of unbranched alkanes of at least 4 members (excludes halogenated alkanes) is 1. The van der Waals surface area contributed by atoms with E-state index < -0.39 is 0 Å². The third-order valence-corrected chi connectivity index (χ3v) is 6.44. The van der Waals surface area contributed by atoms with E-state index in [2.05, 4.69) is 86.3 Å². The highest BCUT2D eigenvalue weighted by Gasteiger charge is 2.02. The van der Waals surface area contributed by atoms with Crippen LogP contribution < -0.4 is 4.74 Å². The number of hydrogen-bond acceptors (Lipinski definition) is 5. The lowest BCUT2D eigenvalue weighted by Crippen LogP contribution is -1.98. The number of tetrazole rings is 1. The van der Waals surface area contributed by atoms with Crippen LogP contribution in [0.15, 0.2) is 84.9 Å². The largest absolute Gasteiger partial charge is 0.487 e. The predicted octanol–water partition coefficient (Wildman–Crippen LogP) is 6.07. The van der Waals surface area contributed by atoms with Crippen molar-refractivity contribution in [3.63, 3.8) is 0 Å². The zero-order valence-electron chi connectivity index (χ0n) is 20.4. The van der Waals surface area contributed by atoms with E-state index >= 15 is 0 Å². The molecule has 0 radical (unpaired) electrons. The molecule has 1 N–H and O–H groups in total. The van der Waals surface area contributed by atoms with Gasteiger partial charge >= 0.3 is 0 Å². The minimum Gasteiger partial charge on any atom is -0.487 e. The van der Waals surface area contributed by atoms with Crippen molar-refractivity contribution in [2.75, 3.05) is 0 Å². The Labute approximate surface area is 211 Å². The molecule has 0 amide bonds. The number of fused-ring (bicyclic) bond motifs is 1. The average Bonchev–Trinajstić information content (AvgIpc) is 3.45. The zero-order chi connectivity index (χ0) is 24.4. The minimum absolute atomic E-state index is 0.471. The molecule has 0 saturated carbocycles. The lowest BCUT2D eigenvalue weighted by Gasteiger charge is -2.08. The van der Waals surface area contributed by atoms with Crippen LogP contribution >= 0.6 is 0 Å². The molecule has 0 atom stereocenters. The maximum atomic E-state index is 5.96. The van der Waals surface area contributed by atoms with Crippen LogP contribution in [0.3, 0.4) is 0 Å². The van der Waals surface area contributed by atoms with Gasteiger partial charge in [0.1, 0.15) is 18.2 Å². The Morgan fingerprint density at radius 2 is 1.31 bits per heavy atom. The molecule has 0 aliphatic rings. The predicted molar refractivity (Wildman–Crippen MR) is 142 cm³/mol. The highest BCUT2D eigenvalue weighted by molar-refractivity contribution is 5.78. The minimum atomic E-state index is 0.471. The van der Waals surface area contributed by atoms with E-state index in [1.807, 2.05) is 24.3 Å². The van der Waals surface area contributed by atoms with Gasteiger partial charge < -0.3 is 4.74 Å². The van der Waals surface area contributed by atoms with Gasteiger partial charge in [0.2, 0.25) is 0 Å². The summed E-state index contributed by atoms with van der Waals surface area (Å²) in [5, 5.41) is 15.1. The summed E-state index contributed by atoms with van der Waals surface area (Å²) >= 11 is 0. The van der Waals surface area contributed by atoms with Crippen LogP contribution in [0, 0.1) is 0 Å². The highest BCUT2D eigenvalue weighted by Crippen LogP contribution is 2.18. The van der Waals surface area contributed by atoms with Crippen LogP contribution in [-0.2, 0) is 32.3 Å². The molecule has 0 saturated heterocycles. The van der Waals surface area contributed by atoms with Gasteiger partial charge in [-0.25, -0.2) is 10.1 Å². The summed E-state index contributed by atoms with van der Waals surface area (Å²) in [6, 6.07) is 29.8. The third kappa shape index (κ3) is 6.75. The number of H-pyrrole nitrogens is 1. The van der Waals surface area contributed by atoms with Crippen LogP contribution in [0.25, 0.3) is 10.9 Å².